The van der Waals surface area contributed by atoms with Crippen LogP contribution in [0.15, 0.2) is 47.6 Å². The Balaban J connectivity index is 1.70. The number of carbonyl (C=O) groups is 2. The number of pyridine rings is 1. The quantitative estimate of drug-likeness (QED) is 0.847. The van der Waals surface area contributed by atoms with Crippen LogP contribution in [0.2, 0.25) is 0 Å². The molecule has 2 N–H and O–H groups in total. The van der Waals surface area contributed by atoms with E-state index in [4.69, 9.17) is 4.74 Å². The predicted octanol–water partition coefficient (Wildman–Crippen LogP) is 1.92. The van der Waals surface area contributed by atoms with Gasteiger partial charge in [-0.15, -0.1) is 0 Å². The molecule has 23 heavy (non-hydrogen) atoms. The fourth-order valence-corrected chi connectivity index (χ4v) is 1.94. The van der Waals surface area contributed by atoms with Gasteiger partial charge in [0.05, 0.1) is 0 Å². The van der Waals surface area contributed by atoms with Gasteiger partial charge in [-0.2, -0.15) is 9.49 Å². The lowest BCUT2D eigenvalue weighted by Gasteiger charge is -2.13. The van der Waals surface area contributed by atoms with E-state index in [9.17, 15) is 14.0 Å². The molecular formula is C15H11FN4O3. The highest BCUT2D eigenvalue weighted by molar-refractivity contribution is 6.05. The molecule has 0 saturated carbocycles. The molecule has 0 unspecified atom stereocenters. The number of amides is 2. The first-order chi connectivity index (χ1) is 11.1. The normalized spacial score (nSPS) is 13.6. The Morgan fingerprint density at radius 3 is 2.65 bits per heavy atom. The zero-order valence-corrected chi connectivity index (χ0v) is 11.7. The zero-order chi connectivity index (χ0) is 16.2. The molecule has 0 spiro atoms. The minimum Gasteiger partial charge on any atom is -0.442 e. The monoisotopic (exact) mass is 314 g/mol. The minimum absolute atomic E-state index is 0.0122. The number of nitrogens with zero attached hydrogens (tertiary/aromatic N) is 2. The molecule has 8 heteroatoms. The first-order valence-electron chi connectivity index (χ1n) is 6.65. The molecule has 1 aliphatic heterocycles. The maximum atomic E-state index is 13.0. The van der Waals surface area contributed by atoms with E-state index in [0.29, 0.717) is 11.4 Å². The van der Waals surface area contributed by atoms with Crippen molar-refractivity contribution >= 4 is 23.4 Å². The molecule has 3 rings (SSSR count). The molecule has 0 aliphatic carbocycles. The number of cyclic esters (lactones) is 1. The summed E-state index contributed by atoms with van der Waals surface area (Å²) in [5.41, 5.74) is 4.03. The standard InChI is InChI=1S/C15H11FN4O3/c16-13-3-1-2-11(18-13)14(21)17-10-6-4-9(5-7-10)12-8-23-15(22)20-19-12/h1-7H,8H2,(H,17,21)(H,20,22). The molecule has 2 amide bonds. The fraction of sp³-hybridized carbons (Fsp3) is 0.0667. The number of halogens is 1. The molecule has 1 aliphatic rings. The molecule has 0 bridgehead atoms. The van der Waals surface area contributed by atoms with Crippen molar-refractivity contribution in [2.45, 2.75) is 0 Å². The summed E-state index contributed by atoms with van der Waals surface area (Å²) in [5, 5.41) is 6.50. The van der Waals surface area contributed by atoms with Crippen molar-refractivity contribution in [2.24, 2.45) is 5.10 Å². The number of carbonyl (C=O) groups excluding carboxylic acids is 2. The summed E-state index contributed by atoms with van der Waals surface area (Å²) in [6, 6.07) is 10.7. The number of hydrazone groups is 1. The number of nitrogens with one attached hydrogen (secondary N) is 2. The number of ether oxygens (including phenoxy) is 1. The third kappa shape index (κ3) is 3.49. The van der Waals surface area contributed by atoms with E-state index in [0.717, 1.165) is 11.6 Å². The number of hydrogen-bond donors (Lipinski definition) is 2. The van der Waals surface area contributed by atoms with Crippen molar-refractivity contribution in [1.29, 1.82) is 0 Å². The summed E-state index contributed by atoms with van der Waals surface area (Å²) in [6.07, 6.45) is -0.597. The second-order valence-electron chi connectivity index (χ2n) is 4.62. The van der Waals surface area contributed by atoms with Gasteiger partial charge in [0, 0.05) is 11.3 Å². The van der Waals surface area contributed by atoms with Crippen LogP contribution in [0, 0.1) is 5.95 Å². The smallest absolute Gasteiger partial charge is 0.428 e. The minimum atomic E-state index is -0.717. The number of benzene rings is 1. The van der Waals surface area contributed by atoms with E-state index in [1.54, 1.807) is 24.3 Å². The van der Waals surface area contributed by atoms with E-state index in [1.165, 1.54) is 12.1 Å². The predicted molar refractivity (Wildman–Crippen MR) is 79.6 cm³/mol. The Morgan fingerprint density at radius 1 is 1.22 bits per heavy atom. The third-order valence-corrected chi connectivity index (χ3v) is 3.05. The summed E-state index contributed by atoms with van der Waals surface area (Å²) in [4.78, 5) is 26.3. The van der Waals surface area contributed by atoms with E-state index >= 15 is 0 Å². The van der Waals surface area contributed by atoms with Gasteiger partial charge in [-0.3, -0.25) is 4.79 Å². The Bertz CT molecular complexity index is 790. The summed E-state index contributed by atoms with van der Waals surface area (Å²) < 4.78 is 17.8. The molecule has 0 atom stereocenters. The van der Waals surface area contributed by atoms with E-state index in [-0.39, 0.29) is 12.3 Å². The number of rotatable bonds is 3. The molecule has 7 nitrogen and oxygen atoms in total. The van der Waals surface area contributed by atoms with Gasteiger partial charge in [0.25, 0.3) is 5.91 Å². The van der Waals surface area contributed by atoms with Crippen molar-refractivity contribution in [3.8, 4) is 0 Å². The van der Waals surface area contributed by atoms with Gasteiger partial charge in [-0.25, -0.2) is 15.2 Å². The first-order valence-corrected chi connectivity index (χ1v) is 6.65. The van der Waals surface area contributed by atoms with Crippen LogP contribution < -0.4 is 10.7 Å². The lowest BCUT2D eigenvalue weighted by Crippen LogP contribution is -2.30. The molecule has 1 aromatic carbocycles. The summed E-state index contributed by atoms with van der Waals surface area (Å²) in [6.45, 7) is 0.0742. The lowest BCUT2D eigenvalue weighted by molar-refractivity contribution is 0.102. The highest BCUT2D eigenvalue weighted by Crippen LogP contribution is 2.13. The van der Waals surface area contributed by atoms with Crippen molar-refractivity contribution in [2.75, 3.05) is 11.9 Å². The van der Waals surface area contributed by atoms with Crippen LogP contribution in [0.4, 0.5) is 14.9 Å². The second-order valence-corrected chi connectivity index (χ2v) is 4.62. The van der Waals surface area contributed by atoms with Crippen LogP contribution in [0.3, 0.4) is 0 Å². The van der Waals surface area contributed by atoms with Gasteiger partial charge in [-0.05, 0) is 24.3 Å². The van der Waals surface area contributed by atoms with Gasteiger partial charge in [0.1, 0.15) is 18.0 Å². The Hall–Kier alpha value is -3.29. The van der Waals surface area contributed by atoms with Crippen LogP contribution in [0.25, 0.3) is 0 Å². The topological polar surface area (TPSA) is 92.7 Å². The number of aromatic nitrogens is 1. The molecule has 1 aromatic heterocycles. The fourth-order valence-electron chi connectivity index (χ4n) is 1.94. The Labute approximate surface area is 130 Å². The summed E-state index contributed by atoms with van der Waals surface area (Å²) in [5.74, 6) is -1.23. The molecular weight excluding hydrogens is 303 g/mol. The number of hydrogen-bond acceptors (Lipinski definition) is 5. The summed E-state index contributed by atoms with van der Waals surface area (Å²) in [7, 11) is 0. The van der Waals surface area contributed by atoms with Crippen LogP contribution >= 0.6 is 0 Å². The highest BCUT2D eigenvalue weighted by Gasteiger charge is 2.14. The average molecular weight is 314 g/mol. The maximum absolute atomic E-state index is 13.0. The van der Waals surface area contributed by atoms with Crippen LogP contribution in [0.1, 0.15) is 16.1 Å². The third-order valence-electron chi connectivity index (χ3n) is 3.05. The number of anilines is 1. The van der Waals surface area contributed by atoms with Crippen molar-refractivity contribution < 1.29 is 18.7 Å². The van der Waals surface area contributed by atoms with E-state index in [1.807, 2.05) is 0 Å². The van der Waals surface area contributed by atoms with Crippen molar-refractivity contribution in [3.63, 3.8) is 0 Å². The van der Waals surface area contributed by atoms with Gasteiger partial charge in [-0.1, -0.05) is 18.2 Å². The van der Waals surface area contributed by atoms with Crippen LogP contribution in [-0.4, -0.2) is 29.3 Å². The first kappa shape index (κ1) is 14.6. The molecule has 116 valence electrons. The molecule has 0 radical (unpaired) electrons. The average Bonchev–Trinajstić information content (AvgIpc) is 2.56. The molecule has 2 aromatic rings. The Kier molecular flexibility index (Phi) is 3.96. The maximum Gasteiger partial charge on any atom is 0.428 e. The summed E-state index contributed by atoms with van der Waals surface area (Å²) >= 11 is 0. The lowest BCUT2D eigenvalue weighted by atomic mass is 10.1. The van der Waals surface area contributed by atoms with E-state index < -0.39 is 17.9 Å². The van der Waals surface area contributed by atoms with Gasteiger partial charge < -0.3 is 10.1 Å². The highest BCUT2D eigenvalue weighted by atomic mass is 19.1. The van der Waals surface area contributed by atoms with Crippen molar-refractivity contribution in [3.05, 3.63) is 59.7 Å². The molecule has 2 heterocycles. The molecule has 0 saturated heterocycles. The SMILES string of the molecule is O=C1NN=C(c2ccc(NC(=O)c3cccc(F)n3)cc2)CO1. The van der Waals surface area contributed by atoms with Gasteiger partial charge in [0.2, 0.25) is 5.95 Å². The Morgan fingerprint density at radius 2 is 2.00 bits per heavy atom. The van der Waals surface area contributed by atoms with Crippen molar-refractivity contribution in [1.82, 2.24) is 10.4 Å². The van der Waals surface area contributed by atoms with Gasteiger partial charge >= 0.3 is 6.09 Å². The van der Waals surface area contributed by atoms with E-state index in [2.05, 4.69) is 20.8 Å². The zero-order valence-electron chi connectivity index (χ0n) is 11.7. The second kappa shape index (κ2) is 6.22. The van der Waals surface area contributed by atoms with Gasteiger partial charge in [0.15, 0.2) is 0 Å². The van der Waals surface area contributed by atoms with Crippen LogP contribution in [-0.2, 0) is 4.74 Å². The molecule has 0 fully saturated rings. The van der Waals surface area contributed by atoms with Crippen LogP contribution in [0.5, 0.6) is 0 Å². The largest absolute Gasteiger partial charge is 0.442 e.